The molecule has 1 aliphatic rings. The van der Waals surface area contributed by atoms with Gasteiger partial charge in [0.25, 0.3) is 0 Å². The lowest BCUT2D eigenvalue weighted by molar-refractivity contribution is 0.220. The first-order chi connectivity index (χ1) is 16.5. The maximum absolute atomic E-state index is 11.9. The molecule has 1 fully saturated rings. The van der Waals surface area contributed by atoms with Gasteiger partial charge >= 0.3 is 0 Å². The summed E-state index contributed by atoms with van der Waals surface area (Å²) < 4.78 is 21.7. The summed E-state index contributed by atoms with van der Waals surface area (Å²) in [5.41, 5.74) is 4.26. The maximum atomic E-state index is 11.9. The summed E-state index contributed by atoms with van der Waals surface area (Å²) in [7, 11) is 0. The highest BCUT2D eigenvalue weighted by molar-refractivity contribution is 7.78. The lowest BCUT2D eigenvalue weighted by Crippen LogP contribution is -2.50. The van der Waals surface area contributed by atoms with Crippen molar-refractivity contribution in [2.45, 2.75) is 57.7 Å². The van der Waals surface area contributed by atoms with Crippen molar-refractivity contribution in [1.29, 1.82) is 5.26 Å². The Bertz CT molecular complexity index is 1200. The number of hydrogen-bond acceptors (Lipinski definition) is 7. The van der Waals surface area contributed by atoms with Gasteiger partial charge in [-0.05, 0) is 30.5 Å². The molecule has 2 heterocycles. The van der Waals surface area contributed by atoms with E-state index in [-0.39, 0.29) is 11.6 Å². The van der Waals surface area contributed by atoms with E-state index in [0.29, 0.717) is 6.04 Å². The molecule has 8 nitrogen and oxygen atoms in total. The zero-order valence-corrected chi connectivity index (χ0v) is 20.5. The molecule has 1 N–H and O–H groups in total. The van der Waals surface area contributed by atoms with Gasteiger partial charge in [0.05, 0.1) is 17.0 Å². The third-order valence-electron chi connectivity index (χ3n) is 6.46. The summed E-state index contributed by atoms with van der Waals surface area (Å²) in [5, 5.41) is 14.7. The van der Waals surface area contributed by atoms with Crippen LogP contribution in [0.3, 0.4) is 0 Å². The first kappa shape index (κ1) is 24.2. The Morgan fingerprint density at radius 1 is 1.06 bits per heavy atom. The minimum atomic E-state index is -1.99. The Balaban J connectivity index is 1.94. The number of aromatic nitrogens is 3. The zero-order chi connectivity index (χ0) is 24.1. The second-order valence-corrected chi connectivity index (χ2v) is 9.44. The summed E-state index contributed by atoms with van der Waals surface area (Å²) in [6.07, 6.45) is 10.8. The number of hydrogen-bond donors (Lipinski definition) is 1. The topological polar surface area (TPSA) is 106 Å². The highest BCUT2D eigenvalue weighted by Crippen LogP contribution is 2.38. The Hall–Kier alpha value is -2.93. The SMILES string of the molecule is CCN(CC)N(c1c(CS(=O)O)cnc2ccc(-c3cnc(C#N)nc3)cc12)C1CCCCC1. The van der Waals surface area contributed by atoms with Crippen molar-refractivity contribution in [3.63, 3.8) is 0 Å². The fraction of sp³-hybridized carbons (Fsp3) is 0.440. The molecule has 0 spiro atoms. The molecule has 0 amide bonds. The predicted molar refractivity (Wildman–Crippen MR) is 134 cm³/mol. The van der Waals surface area contributed by atoms with Crippen molar-refractivity contribution in [3.05, 3.63) is 48.2 Å². The minimum Gasteiger partial charge on any atom is -0.306 e. The smallest absolute Gasteiger partial charge is 0.232 e. The van der Waals surface area contributed by atoms with Crippen LogP contribution in [0.5, 0.6) is 0 Å². The third kappa shape index (κ3) is 5.09. The Labute approximate surface area is 202 Å². The highest BCUT2D eigenvalue weighted by Gasteiger charge is 2.29. The van der Waals surface area contributed by atoms with Gasteiger partial charge in [0.1, 0.15) is 6.07 Å². The van der Waals surface area contributed by atoms with E-state index in [4.69, 9.17) is 5.26 Å². The summed E-state index contributed by atoms with van der Waals surface area (Å²) in [5.74, 6) is 0.150. The van der Waals surface area contributed by atoms with Crippen LogP contribution in [0.4, 0.5) is 5.69 Å². The maximum Gasteiger partial charge on any atom is 0.232 e. The lowest BCUT2D eigenvalue weighted by atomic mass is 9.93. The van der Waals surface area contributed by atoms with Gasteiger partial charge in [0, 0.05) is 54.2 Å². The van der Waals surface area contributed by atoms with Gasteiger partial charge in [-0.25, -0.2) is 19.2 Å². The van der Waals surface area contributed by atoms with Gasteiger partial charge in [0.2, 0.25) is 5.82 Å². The molecule has 1 atom stereocenters. The summed E-state index contributed by atoms with van der Waals surface area (Å²) in [6.45, 7) is 5.96. The van der Waals surface area contributed by atoms with E-state index < -0.39 is 11.1 Å². The number of pyridine rings is 1. The van der Waals surface area contributed by atoms with Crippen molar-refractivity contribution in [2.24, 2.45) is 0 Å². The number of rotatable bonds is 8. The standard InChI is InChI=1S/C25H30N6O2S/c1-3-30(4-2)31(21-8-6-5-7-9-21)25-20(17-34(32)33)16-27-23-11-10-18(12-22(23)25)19-14-28-24(13-26)29-15-19/h10-12,14-16,21H,3-9,17H2,1-2H3,(H,32,33). The number of hydrazine groups is 1. The van der Waals surface area contributed by atoms with Crippen LogP contribution < -0.4 is 5.01 Å². The van der Waals surface area contributed by atoms with Crippen LogP contribution in [-0.2, 0) is 16.8 Å². The first-order valence-corrected chi connectivity index (χ1v) is 13.1. The van der Waals surface area contributed by atoms with Crippen LogP contribution in [0.25, 0.3) is 22.0 Å². The van der Waals surface area contributed by atoms with Gasteiger partial charge in [-0.15, -0.1) is 0 Å². The average Bonchev–Trinajstić information content (AvgIpc) is 2.87. The van der Waals surface area contributed by atoms with Crippen LogP contribution in [0.15, 0.2) is 36.8 Å². The molecule has 1 unspecified atom stereocenters. The van der Waals surface area contributed by atoms with Crippen LogP contribution in [-0.4, -0.2) is 47.9 Å². The second-order valence-electron chi connectivity index (χ2n) is 8.51. The van der Waals surface area contributed by atoms with Crippen LogP contribution in [0.2, 0.25) is 0 Å². The Kier molecular flexibility index (Phi) is 7.83. The van der Waals surface area contributed by atoms with E-state index in [2.05, 4.69) is 44.9 Å². The summed E-state index contributed by atoms with van der Waals surface area (Å²) in [6, 6.07) is 8.27. The Morgan fingerprint density at radius 2 is 1.76 bits per heavy atom. The molecule has 0 radical (unpaired) electrons. The van der Waals surface area contributed by atoms with E-state index in [1.807, 2.05) is 18.2 Å². The molecule has 4 rings (SSSR count). The van der Waals surface area contributed by atoms with Crippen molar-refractivity contribution < 1.29 is 8.76 Å². The molecule has 3 aromatic rings. The van der Waals surface area contributed by atoms with E-state index in [1.54, 1.807) is 18.6 Å². The highest BCUT2D eigenvalue weighted by atomic mass is 32.2. The molecule has 0 aliphatic heterocycles. The van der Waals surface area contributed by atoms with Gasteiger partial charge in [0.15, 0.2) is 11.1 Å². The molecule has 1 aromatic carbocycles. The van der Waals surface area contributed by atoms with Crippen LogP contribution in [0.1, 0.15) is 57.3 Å². The normalized spacial score (nSPS) is 15.4. The van der Waals surface area contributed by atoms with Crippen molar-refractivity contribution in [1.82, 2.24) is 20.0 Å². The number of nitriles is 1. The molecule has 1 saturated carbocycles. The average molecular weight is 479 g/mol. The molecular weight excluding hydrogens is 448 g/mol. The lowest BCUT2D eigenvalue weighted by Gasteiger charge is -2.44. The largest absolute Gasteiger partial charge is 0.306 e. The monoisotopic (exact) mass is 478 g/mol. The molecule has 2 aromatic heterocycles. The zero-order valence-electron chi connectivity index (χ0n) is 19.6. The minimum absolute atomic E-state index is 0.0208. The van der Waals surface area contributed by atoms with Crippen LogP contribution in [0, 0.1) is 11.3 Å². The van der Waals surface area contributed by atoms with Gasteiger partial charge in [-0.3, -0.25) is 4.98 Å². The number of fused-ring (bicyclic) bond motifs is 1. The first-order valence-electron chi connectivity index (χ1n) is 11.8. The molecular formula is C25H30N6O2S. The van der Waals surface area contributed by atoms with Crippen LogP contribution >= 0.6 is 0 Å². The molecule has 1 aliphatic carbocycles. The number of nitrogens with zero attached hydrogens (tertiary/aromatic N) is 6. The molecule has 0 saturated heterocycles. The van der Waals surface area contributed by atoms with Crippen molar-refractivity contribution >= 4 is 27.7 Å². The molecule has 0 bridgehead atoms. The van der Waals surface area contributed by atoms with E-state index in [1.165, 1.54) is 19.3 Å². The van der Waals surface area contributed by atoms with Gasteiger partial charge < -0.3 is 9.56 Å². The molecule has 9 heteroatoms. The molecule has 178 valence electrons. The van der Waals surface area contributed by atoms with Crippen molar-refractivity contribution in [2.75, 3.05) is 18.1 Å². The molecule has 34 heavy (non-hydrogen) atoms. The van der Waals surface area contributed by atoms with Gasteiger partial charge in [-0.1, -0.05) is 39.2 Å². The summed E-state index contributed by atoms with van der Waals surface area (Å²) in [4.78, 5) is 12.9. The number of anilines is 1. The fourth-order valence-electron chi connectivity index (χ4n) is 4.85. The van der Waals surface area contributed by atoms with Gasteiger partial charge in [-0.2, -0.15) is 5.26 Å². The van der Waals surface area contributed by atoms with E-state index in [0.717, 1.165) is 59.2 Å². The Morgan fingerprint density at radius 3 is 2.38 bits per heavy atom. The summed E-state index contributed by atoms with van der Waals surface area (Å²) >= 11 is -1.99. The van der Waals surface area contributed by atoms with E-state index in [9.17, 15) is 8.76 Å². The fourth-order valence-corrected chi connectivity index (χ4v) is 5.33. The van der Waals surface area contributed by atoms with E-state index >= 15 is 0 Å². The second kappa shape index (κ2) is 11.0. The third-order valence-corrected chi connectivity index (χ3v) is 7.02. The predicted octanol–water partition coefficient (Wildman–Crippen LogP) is 4.68. The van der Waals surface area contributed by atoms with Crippen molar-refractivity contribution in [3.8, 4) is 17.2 Å². The quantitative estimate of drug-likeness (QED) is 0.367. The number of benzene rings is 1.